The van der Waals surface area contributed by atoms with Crippen LogP contribution in [-0.4, -0.2) is 61.7 Å². The first-order valence-electron chi connectivity index (χ1n) is 21.8. The SMILES string of the molecule is COc1cc(C(=O)NCC[P+](c2ccccc2)(c2ccccc2)c2ccccc2)cc(-c2cc(C(=O)NCC[P+](c3ccccc3)(c3ccccc3)c3ccccc3)cc(OC)c2O)c1O. The molecule has 0 heterocycles. The predicted molar refractivity (Wildman–Crippen MR) is 273 cm³/mol. The zero-order valence-electron chi connectivity index (χ0n) is 36.9. The van der Waals surface area contributed by atoms with Crippen LogP contribution in [0.25, 0.3) is 11.1 Å². The number of rotatable bonds is 17. The van der Waals surface area contributed by atoms with Crippen molar-refractivity contribution in [1.82, 2.24) is 10.6 Å². The molecule has 330 valence electrons. The van der Waals surface area contributed by atoms with Crippen molar-refractivity contribution in [2.24, 2.45) is 0 Å². The molecule has 0 unspecified atom stereocenters. The highest BCUT2D eigenvalue weighted by molar-refractivity contribution is 7.96. The van der Waals surface area contributed by atoms with Crippen molar-refractivity contribution in [3.05, 3.63) is 217 Å². The van der Waals surface area contributed by atoms with Crippen LogP contribution in [0, 0.1) is 0 Å². The van der Waals surface area contributed by atoms with Gasteiger partial charge in [0, 0.05) is 22.3 Å². The fourth-order valence-electron chi connectivity index (χ4n) is 8.84. The van der Waals surface area contributed by atoms with Crippen LogP contribution in [0.3, 0.4) is 0 Å². The molecule has 4 N–H and O–H groups in total. The Morgan fingerprint density at radius 2 is 0.652 bits per heavy atom. The lowest BCUT2D eigenvalue weighted by Crippen LogP contribution is -2.37. The molecule has 66 heavy (non-hydrogen) atoms. The van der Waals surface area contributed by atoms with Gasteiger partial charge in [-0.1, -0.05) is 109 Å². The Labute approximate surface area is 387 Å². The van der Waals surface area contributed by atoms with Gasteiger partial charge in [0.1, 0.15) is 46.4 Å². The van der Waals surface area contributed by atoms with Gasteiger partial charge in [0.2, 0.25) is 0 Å². The molecule has 0 aromatic heterocycles. The molecule has 0 aliphatic rings. The summed E-state index contributed by atoms with van der Waals surface area (Å²) in [7, 11) is -1.69. The van der Waals surface area contributed by atoms with E-state index in [0.717, 1.165) is 0 Å². The van der Waals surface area contributed by atoms with E-state index in [1.807, 2.05) is 36.4 Å². The van der Waals surface area contributed by atoms with E-state index < -0.39 is 26.3 Å². The normalized spacial score (nSPS) is 11.4. The molecule has 0 fully saturated rings. The van der Waals surface area contributed by atoms with Gasteiger partial charge < -0.3 is 30.3 Å². The Morgan fingerprint density at radius 1 is 0.409 bits per heavy atom. The van der Waals surface area contributed by atoms with Crippen LogP contribution in [0.4, 0.5) is 0 Å². The van der Waals surface area contributed by atoms with Gasteiger partial charge >= 0.3 is 0 Å². The van der Waals surface area contributed by atoms with Gasteiger partial charge in [0.25, 0.3) is 11.8 Å². The summed E-state index contributed by atoms with van der Waals surface area (Å²) in [6.45, 7) is 0.669. The van der Waals surface area contributed by atoms with Gasteiger partial charge in [0.05, 0.1) is 39.6 Å². The van der Waals surface area contributed by atoms with Crippen molar-refractivity contribution in [3.63, 3.8) is 0 Å². The number of hydrogen-bond donors (Lipinski definition) is 4. The molecule has 0 bridgehead atoms. The van der Waals surface area contributed by atoms with E-state index in [-0.39, 0.29) is 45.3 Å². The van der Waals surface area contributed by atoms with Crippen LogP contribution in [0.5, 0.6) is 23.0 Å². The van der Waals surface area contributed by atoms with Crippen LogP contribution >= 0.6 is 14.5 Å². The lowest BCUT2D eigenvalue weighted by atomic mass is 9.97. The topological polar surface area (TPSA) is 117 Å². The number of benzene rings is 8. The molecule has 2 amide bonds. The predicted octanol–water partition coefficient (Wildman–Crippen LogP) is 8.23. The summed E-state index contributed by atoms with van der Waals surface area (Å²) < 4.78 is 11.2. The molecule has 0 saturated carbocycles. The quantitative estimate of drug-likeness (QED) is 0.0685. The first-order chi connectivity index (χ1) is 32.3. The zero-order valence-corrected chi connectivity index (χ0v) is 38.7. The minimum atomic E-state index is -2.24. The number of carbonyl (C=O) groups excluding carboxylic acids is 2. The van der Waals surface area contributed by atoms with E-state index >= 15 is 0 Å². The highest BCUT2D eigenvalue weighted by Crippen LogP contribution is 2.56. The van der Waals surface area contributed by atoms with Crippen molar-refractivity contribution in [1.29, 1.82) is 0 Å². The minimum Gasteiger partial charge on any atom is -0.504 e. The number of methoxy groups -OCH3 is 2. The fourth-order valence-corrected chi connectivity index (χ4v) is 17.2. The molecule has 10 heteroatoms. The Hall–Kier alpha value is -7.24. The third-order valence-electron chi connectivity index (χ3n) is 12.1. The van der Waals surface area contributed by atoms with E-state index in [0.29, 0.717) is 25.4 Å². The first kappa shape index (κ1) is 45.3. The Kier molecular flexibility index (Phi) is 14.2. The van der Waals surface area contributed by atoms with Gasteiger partial charge in [-0.2, -0.15) is 0 Å². The van der Waals surface area contributed by atoms with Crippen molar-refractivity contribution in [2.45, 2.75) is 0 Å². The first-order valence-corrected chi connectivity index (χ1v) is 25.7. The minimum absolute atomic E-state index is 0.0219. The van der Waals surface area contributed by atoms with Crippen molar-refractivity contribution in [3.8, 4) is 34.1 Å². The van der Waals surface area contributed by atoms with Crippen molar-refractivity contribution < 1.29 is 29.3 Å². The number of carbonyl (C=O) groups is 2. The molecule has 8 aromatic rings. The van der Waals surface area contributed by atoms with Crippen LogP contribution in [0.2, 0.25) is 0 Å². The van der Waals surface area contributed by atoms with E-state index in [4.69, 9.17) is 9.47 Å². The molecule has 0 saturated heterocycles. The van der Waals surface area contributed by atoms with Gasteiger partial charge in [-0.3, -0.25) is 9.59 Å². The number of hydrogen-bond acceptors (Lipinski definition) is 6. The third kappa shape index (κ3) is 9.17. The maximum atomic E-state index is 14.2. The zero-order chi connectivity index (χ0) is 45.9. The number of amides is 2. The van der Waals surface area contributed by atoms with Crippen LogP contribution < -0.4 is 51.9 Å². The van der Waals surface area contributed by atoms with Crippen LogP contribution in [-0.2, 0) is 0 Å². The Balaban J connectivity index is 1.08. The lowest BCUT2D eigenvalue weighted by molar-refractivity contribution is 0.0947. The highest BCUT2D eigenvalue weighted by atomic mass is 31.2. The number of ether oxygens (including phenoxy) is 2. The van der Waals surface area contributed by atoms with Gasteiger partial charge in [-0.05, 0) is 97.1 Å². The van der Waals surface area contributed by atoms with E-state index in [9.17, 15) is 19.8 Å². The second kappa shape index (κ2) is 20.7. The second-order valence-corrected chi connectivity index (χ2v) is 23.0. The summed E-state index contributed by atoms with van der Waals surface area (Å²) in [5.41, 5.74) is 0.566. The van der Waals surface area contributed by atoms with Crippen LogP contribution in [0.15, 0.2) is 206 Å². The van der Waals surface area contributed by atoms with Gasteiger partial charge in [-0.25, -0.2) is 0 Å². The molecular formula is C56H52N2O6P2+2. The molecule has 0 aliphatic carbocycles. The molecule has 0 spiro atoms. The second-order valence-electron chi connectivity index (χ2n) is 15.7. The number of nitrogens with one attached hydrogen (secondary N) is 2. The maximum Gasteiger partial charge on any atom is 0.251 e. The van der Waals surface area contributed by atoms with Crippen molar-refractivity contribution >= 4 is 58.2 Å². The summed E-state index contributed by atoms with van der Waals surface area (Å²) in [6.07, 6.45) is 1.28. The molecule has 0 aliphatic heterocycles. The number of phenolic OH excluding ortho intramolecular Hbond substituents is 2. The summed E-state index contributed by atoms with van der Waals surface area (Å²) in [4.78, 5) is 28.4. The Morgan fingerprint density at radius 3 is 0.879 bits per heavy atom. The van der Waals surface area contributed by atoms with Crippen LogP contribution in [0.1, 0.15) is 20.7 Å². The largest absolute Gasteiger partial charge is 0.504 e. The van der Waals surface area contributed by atoms with E-state index in [2.05, 4.69) is 156 Å². The molecular weight excluding hydrogens is 859 g/mol. The highest BCUT2D eigenvalue weighted by Gasteiger charge is 2.46. The standard InChI is InChI=1S/C56H50N2O6P2/c1-63-51-39-41(55(61)57-33-35-65(43-21-9-3-10-22-43,44-23-11-4-12-24-44)45-25-13-5-14-26-45)37-49(53(51)59)50-38-42(40-52(64-2)54(50)60)56(62)58-34-36-66(46-27-15-6-16-28-46,47-29-17-7-18-30-47)48-31-19-8-20-32-48/h3-32,37-40H,33-36H2,1-2H3,(H2-2,57,58,59,60,61,62)/p+2. The maximum absolute atomic E-state index is 14.2. The average molecular weight is 911 g/mol. The van der Waals surface area contributed by atoms with Gasteiger partial charge in [0.15, 0.2) is 23.0 Å². The molecule has 8 aromatic carbocycles. The van der Waals surface area contributed by atoms with E-state index in [1.54, 1.807) is 0 Å². The smallest absolute Gasteiger partial charge is 0.251 e. The summed E-state index contributed by atoms with van der Waals surface area (Å²) in [6, 6.07) is 68.6. The lowest BCUT2D eigenvalue weighted by Gasteiger charge is -2.28. The molecule has 0 radical (unpaired) electrons. The van der Waals surface area contributed by atoms with Gasteiger partial charge in [-0.15, -0.1) is 0 Å². The third-order valence-corrected chi connectivity index (χ3v) is 20.9. The molecule has 8 nitrogen and oxygen atoms in total. The average Bonchev–Trinajstić information content (AvgIpc) is 3.38. The summed E-state index contributed by atoms with van der Waals surface area (Å²) in [5.74, 6) is -1.38. The number of phenols is 2. The monoisotopic (exact) mass is 910 g/mol. The Bertz CT molecular complexity index is 2500. The van der Waals surface area contributed by atoms with E-state index in [1.165, 1.54) is 70.3 Å². The number of aromatic hydroxyl groups is 2. The molecule has 0 atom stereocenters. The molecule has 8 rings (SSSR count). The summed E-state index contributed by atoms with van der Waals surface area (Å²) in [5, 5.41) is 36.7. The van der Waals surface area contributed by atoms with Crippen molar-refractivity contribution in [2.75, 3.05) is 39.6 Å². The summed E-state index contributed by atoms with van der Waals surface area (Å²) >= 11 is 0. The fraction of sp³-hybridized carbons (Fsp3) is 0.107.